The van der Waals surface area contributed by atoms with E-state index in [2.05, 4.69) is 0 Å². The van der Waals surface area contributed by atoms with Crippen LogP contribution in [0.3, 0.4) is 0 Å². The third-order valence-electron chi connectivity index (χ3n) is 5.53. The fourth-order valence-electron chi connectivity index (χ4n) is 3.86. The number of aliphatic hydroxyl groups excluding tert-OH is 2. The molecular weight excluding hydrogens is 244 g/mol. The predicted octanol–water partition coefficient (Wildman–Crippen LogP) is 1.04. The van der Waals surface area contributed by atoms with Gasteiger partial charge in [-0.3, -0.25) is 4.79 Å². The first-order valence-corrected chi connectivity index (χ1v) is 6.98. The van der Waals surface area contributed by atoms with Crippen LogP contribution in [0.4, 0.5) is 0 Å². The normalized spacial score (nSPS) is 42.3. The summed E-state index contributed by atoms with van der Waals surface area (Å²) < 4.78 is 0. The Balaban J connectivity index is 2.30. The second kappa shape index (κ2) is 4.69. The van der Waals surface area contributed by atoms with E-state index in [-0.39, 0.29) is 29.6 Å². The third-order valence-corrected chi connectivity index (χ3v) is 5.53. The number of carbonyl (C=O) groups excluding carboxylic acids is 1. The lowest BCUT2D eigenvalue weighted by atomic mass is 9.63. The SMILES string of the molecule is CC1=CC(=O)C(O)C(C)C12CC[C@@H]([C@](C)(O)CO)C2. The summed E-state index contributed by atoms with van der Waals surface area (Å²) in [6.07, 6.45) is 2.99. The number of aliphatic hydroxyl groups is 3. The molecule has 0 heterocycles. The van der Waals surface area contributed by atoms with E-state index < -0.39 is 11.7 Å². The molecule has 3 N–H and O–H groups in total. The molecule has 0 bridgehead atoms. The number of rotatable bonds is 2. The molecule has 3 unspecified atom stereocenters. The van der Waals surface area contributed by atoms with Crippen LogP contribution in [-0.2, 0) is 4.79 Å². The lowest BCUT2D eigenvalue weighted by Crippen LogP contribution is -2.45. The standard InChI is InChI=1S/C15H24O4/c1-9-6-12(17)13(18)10(2)15(9)5-4-11(7-15)14(3,19)8-16/h6,10-11,13,16,18-19H,4-5,7-8H2,1-3H3/t10?,11-,13?,14-,15?/m1/s1. The molecule has 0 aliphatic heterocycles. The summed E-state index contributed by atoms with van der Waals surface area (Å²) in [6.45, 7) is 5.25. The quantitative estimate of drug-likeness (QED) is 0.699. The first-order chi connectivity index (χ1) is 8.74. The van der Waals surface area contributed by atoms with Gasteiger partial charge in [-0.05, 0) is 56.4 Å². The van der Waals surface area contributed by atoms with Crippen LogP contribution in [-0.4, -0.2) is 39.4 Å². The van der Waals surface area contributed by atoms with Crippen molar-refractivity contribution in [3.8, 4) is 0 Å². The third kappa shape index (κ3) is 2.16. The van der Waals surface area contributed by atoms with E-state index in [9.17, 15) is 20.1 Å². The summed E-state index contributed by atoms with van der Waals surface area (Å²) in [4.78, 5) is 11.7. The molecule has 5 atom stereocenters. The number of hydrogen-bond acceptors (Lipinski definition) is 4. The highest BCUT2D eigenvalue weighted by Gasteiger charge is 2.53. The van der Waals surface area contributed by atoms with Crippen molar-refractivity contribution < 1.29 is 20.1 Å². The Hall–Kier alpha value is -0.710. The van der Waals surface area contributed by atoms with Gasteiger partial charge in [0.05, 0.1) is 12.2 Å². The van der Waals surface area contributed by atoms with Crippen molar-refractivity contribution in [1.82, 2.24) is 0 Å². The van der Waals surface area contributed by atoms with Gasteiger partial charge in [-0.1, -0.05) is 12.5 Å². The molecule has 4 nitrogen and oxygen atoms in total. The van der Waals surface area contributed by atoms with E-state index in [0.29, 0.717) is 6.42 Å². The minimum absolute atomic E-state index is 0.00343. The summed E-state index contributed by atoms with van der Waals surface area (Å²) in [6, 6.07) is 0. The van der Waals surface area contributed by atoms with Crippen LogP contribution in [0.1, 0.15) is 40.0 Å². The van der Waals surface area contributed by atoms with Gasteiger partial charge in [0.25, 0.3) is 0 Å². The van der Waals surface area contributed by atoms with E-state index in [1.165, 1.54) is 0 Å². The monoisotopic (exact) mass is 268 g/mol. The lowest BCUT2D eigenvalue weighted by molar-refractivity contribution is -0.128. The van der Waals surface area contributed by atoms with Crippen molar-refractivity contribution in [3.63, 3.8) is 0 Å². The van der Waals surface area contributed by atoms with Crippen LogP contribution in [0.15, 0.2) is 11.6 Å². The molecule has 4 heteroatoms. The molecule has 0 aromatic heterocycles. The first-order valence-electron chi connectivity index (χ1n) is 6.98. The van der Waals surface area contributed by atoms with Crippen LogP contribution in [0, 0.1) is 17.3 Å². The van der Waals surface area contributed by atoms with Crippen LogP contribution in [0.2, 0.25) is 0 Å². The Morgan fingerprint density at radius 3 is 2.74 bits per heavy atom. The van der Waals surface area contributed by atoms with Gasteiger partial charge >= 0.3 is 0 Å². The Morgan fingerprint density at radius 1 is 1.53 bits per heavy atom. The zero-order valence-corrected chi connectivity index (χ0v) is 11.9. The fraction of sp³-hybridized carbons (Fsp3) is 0.800. The Bertz CT molecular complexity index is 412. The molecule has 2 aliphatic carbocycles. The molecule has 0 aromatic carbocycles. The average Bonchev–Trinajstić information content (AvgIpc) is 2.82. The molecule has 0 aromatic rings. The molecule has 2 rings (SSSR count). The van der Waals surface area contributed by atoms with Gasteiger partial charge in [0.1, 0.15) is 6.10 Å². The van der Waals surface area contributed by atoms with E-state index in [1.807, 2.05) is 13.8 Å². The summed E-state index contributed by atoms with van der Waals surface area (Å²) in [5, 5.41) is 29.6. The molecule has 108 valence electrons. The minimum Gasteiger partial charge on any atom is -0.393 e. The van der Waals surface area contributed by atoms with E-state index in [4.69, 9.17) is 0 Å². The first kappa shape index (κ1) is 14.7. The van der Waals surface area contributed by atoms with Crippen molar-refractivity contribution in [2.24, 2.45) is 17.3 Å². The van der Waals surface area contributed by atoms with Gasteiger partial charge in [-0.2, -0.15) is 0 Å². The number of hydrogen-bond donors (Lipinski definition) is 3. The van der Waals surface area contributed by atoms with Gasteiger partial charge in [0.2, 0.25) is 0 Å². The van der Waals surface area contributed by atoms with Gasteiger partial charge in [-0.25, -0.2) is 0 Å². The molecule has 1 spiro atoms. The second-order valence-corrected chi connectivity index (χ2v) is 6.57. The maximum Gasteiger partial charge on any atom is 0.184 e. The molecule has 0 saturated heterocycles. The number of allylic oxidation sites excluding steroid dienone is 1. The Kier molecular flexibility index (Phi) is 3.62. The molecule has 19 heavy (non-hydrogen) atoms. The van der Waals surface area contributed by atoms with Crippen LogP contribution >= 0.6 is 0 Å². The van der Waals surface area contributed by atoms with Crippen molar-refractivity contribution in [2.45, 2.75) is 51.7 Å². The summed E-state index contributed by atoms with van der Waals surface area (Å²) in [5.74, 6) is -0.346. The maximum absolute atomic E-state index is 11.7. The van der Waals surface area contributed by atoms with Crippen molar-refractivity contribution in [3.05, 3.63) is 11.6 Å². The van der Waals surface area contributed by atoms with Crippen LogP contribution in [0.25, 0.3) is 0 Å². The van der Waals surface area contributed by atoms with Gasteiger partial charge in [0, 0.05) is 0 Å². The molecule has 0 amide bonds. The lowest BCUT2D eigenvalue weighted by Gasteiger charge is -2.43. The van der Waals surface area contributed by atoms with Gasteiger partial charge in [0.15, 0.2) is 5.78 Å². The molecule has 1 fully saturated rings. The zero-order valence-electron chi connectivity index (χ0n) is 11.9. The van der Waals surface area contributed by atoms with Crippen molar-refractivity contribution >= 4 is 5.78 Å². The molecule has 0 radical (unpaired) electrons. The highest BCUT2D eigenvalue weighted by molar-refractivity contribution is 5.95. The van der Waals surface area contributed by atoms with Crippen LogP contribution in [0.5, 0.6) is 0 Å². The number of ketones is 1. The Labute approximate surface area is 114 Å². The largest absolute Gasteiger partial charge is 0.393 e. The fourth-order valence-corrected chi connectivity index (χ4v) is 3.86. The van der Waals surface area contributed by atoms with E-state index in [0.717, 1.165) is 18.4 Å². The highest BCUT2D eigenvalue weighted by Crippen LogP contribution is 2.56. The molecule has 2 aliphatic rings. The van der Waals surface area contributed by atoms with Crippen molar-refractivity contribution in [1.29, 1.82) is 0 Å². The van der Waals surface area contributed by atoms with Gasteiger partial charge in [-0.15, -0.1) is 0 Å². The smallest absolute Gasteiger partial charge is 0.184 e. The molecule has 1 saturated carbocycles. The Morgan fingerprint density at radius 2 is 2.16 bits per heavy atom. The average molecular weight is 268 g/mol. The zero-order chi connectivity index (χ0) is 14.4. The summed E-state index contributed by atoms with van der Waals surface area (Å²) >= 11 is 0. The second-order valence-electron chi connectivity index (χ2n) is 6.57. The van der Waals surface area contributed by atoms with Crippen molar-refractivity contribution in [2.75, 3.05) is 6.61 Å². The summed E-state index contributed by atoms with van der Waals surface area (Å²) in [5.41, 5.74) is -0.292. The highest BCUT2D eigenvalue weighted by atomic mass is 16.3. The number of carbonyl (C=O) groups is 1. The maximum atomic E-state index is 11.7. The predicted molar refractivity (Wildman–Crippen MR) is 71.4 cm³/mol. The topological polar surface area (TPSA) is 77.8 Å². The summed E-state index contributed by atoms with van der Waals surface area (Å²) in [7, 11) is 0. The van der Waals surface area contributed by atoms with Crippen LogP contribution < -0.4 is 0 Å². The van der Waals surface area contributed by atoms with E-state index >= 15 is 0 Å². The molecular formula is C15H24O4. The minimum atomic E-state index is -1.09. The van der Waals surface area contributed by atoms with Gasteiger partial charge < -0.3 is 15.3 Å². The van der Waals surface area contributed by atoms with E-state index in [1.54, 1.807) is 13.0 Å².